The summed E-state index contributed by atoms with van der Waals surface area (Å²) < 4.78 is 5.07. The number of carbonyl (C=O) groups is 2. The number of hydrogen-bond acceptors (Lipinski definition) is 3. The highest BCUT2D eigenvalue weighted by Crippen LogP contribution is 2.27. The van der Waals surface area contributed by atoms with Gasteiger partial charge in [-0.25, -0.2) is 4.79 Å². The van der Waals surface area contributed by atoms with Crippen LogP contribution in [0.25, 0.3) is 0 Å². The summed E-state index contributed by atoms with van der Waals surface area (Å²) in [7, 11) is 0. The van der Waals surface area contributed by atoms with Crippen LogP contribution in [0, 0.1) is 5.92 Å². The van der Waals surface area contributed by atoms with Gasteiger partial charge in [-0.3, -0.25) is 4.79 Å². The fourth-order valence-electron chi connectivity index (χ4n) is 1.27. The van der Waals surface area contributed by atoms with Crippen molar-refractivity contribution >= 4 is 12.0 Å². The molecule has 0 spiro atoms. The Kier molecular flexibility index (Phi) is 4.37. The normalized spacial score (nSPS) is 17.2. The molecule has 0 saturated heterocycles. The van der Waals surface area contributed by atoms with Crippen molar-refractivity contribution in [2.75, 3.05) is 6.54 Å². The summed E-state index contributed by atoms with van der Waals surface area (Å²) in [6, 6.07) is -0.566. The fraction of sp³-hybridized carbons (Fsp3) is 0.833. The highest BCUT2D eigenvalue weighted by atomic mass is 16.6. The molecule has 5 heteroatoms. The van der Waals surface area contributed by atoms with E-state index in [-0.39, 0.29) is 5.91 Å². The molecule has 1 rings (SSSR count). The van der Waals surface area contributed by atoms with E-state index in [1.165, 1.54) is 12.8 Å². The summed E-state index contributed by atoms with van der Waals surface area (Å²) in [6.45, 7) is 7.70. The smallest absolute Gasteiger partial charge is 0.408 e. The van der Waals surface area contributed by atoms with Gasteiger partial charge in [-0.1, -0.05) is 0 Å². The van der Waals surface area contributed by atoms with E-state index in [4.69, 9.17) is 4.74 Å². The number of alkyl carbamates (subject to hydrolysis) is 1. The minimum Gasteiger partial charge on any atom is -0.444 e. The number of amides is 2. The maximum Gasteiger partial charge on any atom is 0.408 e. The molecule has 1 aliphatic rings. The zero-order valence-corrected chi connectivity index (χ0v) is 11.0. The van der Waals surface area contributed by atoms with Crippen molar-refractivity contribution in [1.82, 2.24) is 10.6 Å². The Labute approximate surface area is 102 Å². The average molecular weight is 242 g/mol. The minimum absolute atomic E-state index is 0.164. The summed E-state index contributed by atoms with van der Waals surface area (Å²) in [5.41, 5.74) is -0.547. The predicted molar refractivity (Wildman–Crippen MR) is 64.6 cm³/mol. The molecule has 2 amide bonds. The lowest BCUT2D eigenvalue weighted by Crippen LogP contribution is -2.46. The Hall–Kier alpha value is -1.26. The summed E-state index contributed by atoms with van der Waals surface area (Å²) >= 11 is 0. The van der Waals surface area contributed by atoms with Gasteiger partial charge in [0.25, 0.3) is 0 Å². The van der Waals surface area contributed by atoms with Gasteiger partial charge in [0.1, 0.15) is 11.6 Å². The van der Waals surface area contributed by atoms with Crippen molar-refractivity contribution in [3.8, 4) is 0 Å². The quantitative estimate of drug-likeness (QED) is 0.783. The van der Waals surface area contributed by atoms with Crippen LogP contribution < -0.4 is 10.6 Å². The molecule has 0 aliphatic heterocycles. The first-order valence-corrected chi connectivity index (χ1v) is 6.05. The third kappa shape index (κ3) is 6.14. The zero-order chi connectivity index (χ0) is 13.1. The van der Waals surface area contributed by atoms with Crippen molar-refractivity contribution in [3.63, 3.8) is 0 Å². The van der Waals surface area contributed by atoms with Gasteiger partial charge < -0.3 is 15.4 Å². The molecule has 0 unspecified atom stereocenters. The largest absolute Gasteiger partial charge is 0.444 e. The molecule has 1 atom stereocenters. The van der Waals surface area contributed by atoms with Gasteiger partial charge >= 0.3 is 6.09 Å². The number of hydrogen-bond donors (Lipinski definition) is 2. The summed E-state index contributed by atoms with van der Waals surface area (Å²) in [5, 5.41) is 5.31. The monoisotopic (exact) mass is 242 g/mol. The van der Waals surface area contributed by atoms with Crippen LogP contribution in [0.3, 0.4) is 0 Å². The Bertz CT molecular complexity index is 293. The Morgan fingerprint density at radius 1 is 1.35 bits per heavy atom. The second kappa shape index (κ2) is 5.38. The Morgan fingerprint density at radius 2 is 1.94 bits per heavy atom. The van der Waals surface area contributed by atoms with E-state index < -0.39 is 17.7 Å². The van der Waals surface area contributed by atoms with E-state index in [1.54, 1.807) is 27.7 Å². The van der Waals surface area contributed by atoms with Crippen molar-refractivity contribution in [2.24, 2.45) is 5.92 Å². The molecule has 0 bridgehead atoms. The Balaban J connectivity index is 2.23. The van der Waals surface area contributed by atoms with Gasteiger partial charge in [0, 0.05) is 6.54 Å². The van der Waals surface area contributed by atoms with Gasteiger partial charge in [0.15, 0.2) is 0 Å². The van der Waals surface area contributed by atoms with Gasteiger partial charge in [0.05, 0.1) is 0 Å². The molecule has 0 aromatic carbocycles. The number of ether oxygens (including phenoxy) is 1. The molecule has 1 saturated carbocycles. The first-order valence-electron chi connectivity index (χ1n) is 6.05. The molecule has 5 nitrogen and oxygen atoms in total. The van der Waals surface area contributed by atoms with Crippen LogP contribution in [0.15, 0.2) is 0 Å². The number of nitrogens with one attached hydrogen (secondary N) is 2. The van der Waals surface area contributed by atoms with E-state index >= 15 is 0 Å². The molecule has 2 N–H and O–H groups in total. The van der Waals surface area contributed by atoms with Crippen LogP contribution in [0.2, 0.25) is 0 Å². The van der Waals surface area contributed by atoms with Crippen molar-refractivity contribution in [1.29, 1.82) is 0 Å². The second-order valence-corrected chi connectivity index (χ2v) is 5.56. The molecule has 0 aromatic heterocycles. The lowest BCUT2D eigenvalue weighted by atomic mass is 10.2. The molecule has 0 aromatic rings. The molecular formula is C12H22N2O3. The van der Waals surface area contributed by atoms with Gasteiger partial charge in [0.2, 0.25) is 5.91 Å². The molecule has 17 heavy (non-hydrogen) atoms. The summed E-state index contributed by atoms with van der Waals surface area (Å²) in [6.07, 6.45) is 1.81. The minimum atomic E-state index is -0.566. The van der Waals surface area contributed by atoms with Crippen LogP contribution >= 0.6 is 0 Å². The molecule has 1 fully saturated rings. The van der Waals surface area contributed by atoms with Crippen molar-refractivity contribution in [2.45, 2.75) is 52.2 Å². The van der Waals surface area contributed by atoms with E-state index in [2.05, 4.69) is 10.6 Å². The third-order valence-corrected chi connectivity index (χ3v) is 2.39. The van der Waals surface area contributed by atoms with Crippen molar-refractivity contribution < 1.29 is 14.3 Å². The number of rotatable bonds is 4. The predicted octanol–water partition coefficient (Wildman–Crippen LogP) is 1.43. The summed E-state index contributed by atoms with van der Waals surface area (Å²) in [5.74, 6) is 0.468. The van der Waals surface area contributed by atoms with E-state index in [0.717, 1.165) is 0 Å². The molecule has 98 valence electrons. The first kappa shape index (κ1) is 13.8. The fourth-order valence-corrected chi connectivity index (χ4v) is 1.27. The topological polar surface area (TPSA) is 67.4 Å². The maximum absolute atomic E-state index is 11.6. The molecular weight excluding hydrogens is 220 g/mol. The average Bonchev–Trinajstić information content (AvgIpc) is 2.93. The van der Waals surface area contributed by atoms with Gasteiger partial charge in [-0.2, -0.15) is 0 Å². The van der Waals surface area contributed by atoms with Crippen LogP contribution in [-0.2, 0) is 9.53 Å². The second-order valence-electron chi connectivity index (χ2n) is 5.56. The zero-order valence-electron chi connectivity index (χ0n) is 11.0. The lowest BCUT2D eigenvalue weighted by molar-refractivity contribution is -0.122. The lowest BCUT2D eigenvalue weighted by Gasteiger charge is -2.21. The van der Waals surface area contributed by atoms with Crippen molar-refractivity contribution in [3.05, 3.63) is 0 Å². The van der Waals surface area contributed by atoms with Gasteiger partial charge in [-0.05, 0) is 46.5 Å². The number of carbonyl (C=O) groups excluding carboxylic acids is 2. The van der Waals surface area contributed by atoms with E-state index in [1.807, 2.05) is 0 Å². The standard InChI is InChI=1S/C12H22N2O3/c1-8(10(15)13-7-9-5-6-9)14-11(16)17-12(2,3)4/h8-9H,5-7H2,1-4H3,(H,13,15)(H,14,16)/t8-/m1/s1. The van der Waals surface area contributed by atoms with Crippen LogP contribution in [0.4, 0.5) is 4.79 Å². The third-order valence-electron chi connectivity index (χ3n) is 2.39. The van der Waals surface area contributed by atoms with E-state index in [0.29, 0.717) is 12.5 Å². The maximum atomic E-state index is 11.6. The molecule has 0 heterocycles. The van der Waals surface area contributed by atoms with E-state index in [9.17, 15) is 9.59 Å². The summed E-state index contributed by atoms with van der Waals surface area (Å²) in [4.78, 5) is 23.0. The molecule has 1 aliphatic carbocycles. The highest BCUT2D eigenvalue weighted by Gasteiger charge is 2.24. The highest BCUT2D eigenvalue weighted by molar-refractivity contribution is 5.85. The SMILES string of the molecule is C[C@@H](NC(=O)OC(C)(C)C)C(=O)NCC1CC1. The first-order chi connectivity index (χ1) is 7.78. The molecule has 0 radical (unpaired) electrons. The van der Waals surface area contributed by atoms with Crippen LogP contribution in [0.1, 0.15) is 40.5 Å². The van der Waals surface area contributed by atoms with Crippen LogP contribution in [0.5, 0.6) is 0 Å². The van der Waals surface area contributed by atoms with Gasteiger partial charge in [-0.15, -0.1) is 0 Å². The Morgan fingerprint density at radius 3 is 2.41 bits per heavy atom. The van der Waals surface area contributed by atoms with Crippen LogP contribution in [-0.4, -0.2) is 30.2 Å².